The lowest BCUT2D eigenvalue weighted by Crippen LogP contribution is -2.20. The van der Waals surface area contributed by atoms with E-state index in [2.05, 4.69) is 58.4 Å². The van der Waals surface area contributed by atoms with E-state index in [1.54, 1.807) is 26.0 Å². The Morgan fingerprint density at radius 3 is 1.58 bits per heavy atom. The number of phenolic OH excluding ortho intramolecular Hbond substituents is 1. The molecule has 6 heteroatoms. The van der Waals surface area contributed by atoms with Crippen molar-refractivity contribution >= 4 is 6.16 Å². The lowest BCUT2D eigenvalue weighted by atomic mass is 9.80. The van der Waals surface area contributed by atoms with Crippen LogP contribution < -0.4 is 4.74 Å². The normalized spacial score (nSPS) is 11.9. The van der Waals surface area contributed by atoms with E-state index in [0.717, 1.165) is 11.1 Å². The molecule has 0 spiro atoms. The second-order valence-electron chi connectivity index (χ2n) is 12.0. The van der Waals surface area contributed by atoms with Crippen LogP contribution in [0.4, 0.5) is 4.79 Å². The standard InChI is InChI=1S/C16H21NO3.C14H19NO/c1-15(2,3)11-7-8-13(20-14(18)19-6)12(9-11)16(4,5)10-17;1-13(2,3)10-6-7-12(16)11(8-10)14(4,5)9-15/h7-9H,1-6H3;6-8,16H,1-5H3. The summed E-state index contributed by atoms with van der Waals surface area (Å²) in [6.45, 7) is 19.8. The Balaban J connectivity index is 0.000000369. The summed E-state index contributed by atoms with van der Waals surface area (Å²) in [6.07, 6.45) is -0.788. The van der Waals surface area contributed by atoms with Gasteiger partial charge in [0.2, 0.25) is 0 Å². The molecular weight excluding hydrogens is 452 g/mol. The third kappa shape index (κ3) is 7.75. The fraction of sp³-hybridized carbons (Fsp3) is 0.500. The van der Waals surface area contributed by atoms with Crippen LogP contribution in [0.2, 0.25) is 0 Å². The van der Waals surface area contributed by atoms with Gasteiger partial charge >= 0.3 is 6.16 Å². The molecule has 0 aliphatic carbocycles. The van der Waals surface area contributed by atoms with Crippen molar-refractivity contribution in [2.24, 2.45) is 0 Å². The van der Waals surface area contributed by atoms with Crippen molar-refractivity contribution in [3.63, 3.8) is 0 Å². The van der Waals surface area contributed by atoms with Crippen molar-refractivity contribution < 1.29 is 19.4 Å². The predicted octanol–water partition coefficient (Wildman–Crippen LogP) is 7.42. The maximum absolute atomic E-state index is 11.3. The Hall–Kier alpha value is -3.51. The number of nitrogens with zero attached hydrogens (tertiary/aromatic N) is 2. The Bertz CT molecular complexity index is 1170. The van der Waals surface area contributed by atoms with Crippen LogP contribution in [0.25, 0.3) is 0 Å². The molecule has 0 heterocycles. The number of aromatic hydroxyl groups is 1. The van der Waals surface area contributed by atoms with Gasteiger partial charge in [-0.3, -0.25) is 0 Å². The highest BCUT2D eigenvalue weighted by Crippen LogP contribution is 2.36. The van der Waals surface area contributed by atoms with Gasteiger partial charge in [0, 0.05) is 11.1 Å². The van der Waals surface area contributed by atoms with Gasteiger partial charge in [0.15, 0.2) is 0 Å². The number of benzene rings is 2. The Morgan fingerprint density at radius 1 is 0.750 bits per heavy atom. The summed E-state index contributed by atoms with van der Waals surface area (Å²) in [6, 6.07) is 15.5. The Kier molecular flexibility index (Phi) is 9.36. The molecule has 0 unspecified atom stereocenters. The average molecular weight is 493 g/mol. The summed E-state index contributed by atoms with van der Waals surface area (Å²) in [5, 5.41) is 28.3. The van der Waals surface area contributed by atoms with E-state index in [4.69, 9.17) is 10.00 Å². The molecule has 2 aromatic carbocycles. The van der Waals surface area contributed by atoms with E-state index >= 15 is 0 Å². The number of hydrogen-bond acceptors (Lipinski definition) is 6. The van der Waals surface area contributed by atoms with Crippen molar-refractivity contribution in [1.82, 2.24) is 0 Å². The summed E-state index contributed by atoms with van der Waals surface area (Å²) < 4.78 is 9.65. The minimum atomic E-state index is -0.788. The highest BCUT2D eigenvalue weighted by molar-refractivity contribution is 5.65. The molecule has 0 atom stereocenters. The molecule has 0 aromatic heterocycles. The Morgan fingerprint density at radius 2 is 1.17 bits per heavy atom. The quantitative estimate of drug-likeness (QED) is 0.353. The smallest absolute Gasteiger partial charge is 0.508 e. The first-order valence-corrected chi connectivity index (χ1v) is 11.9. The third-order valence-electron chi connectivity index (χ3n) is 5.97. The zero-order chi connectivity index (χ0) is 28.1. The van der Waals surface area contributed by atoms with Gasteiger partial charge in [-0.1, -0.05) is 53.7 Å². The molecule has 0 amide bonds. The van der Waals surface area contributed by atoms with Gasteiger partial charge in [0.25, 0.3) is 0 Å². The summed E-state index contributed by atoms with van der Waals surface area (Å²) in [5.41, 5.74) is 2.13. The summed E-state index contributed by atoms with van der Waals surface area (Å²) in [4.78, 5) is 11.3. The van der Waals surface area contributed by atoms with E-state index in [0.29, 0.717) is 16.9 Å². The van der Waals surface area contributed by atoms with Crippen molar-refractivity contribution in [3.8, 4) is 23.6 Å². The Labute approximate surface area is 216 Å². The largest absolute Gasteiger partial charge is 0.513 e. The van der Waals surface area contributed by atoms with Gasteiger partial charge < -0.3 is 14.6 Å². The first kappa shape index (κ1) is 30.5. The molecule has 2 rings (SSSR count). The topological polar surface area (TPSA) is 103 Å². The van der Waals surface area contributed by atoms with Crippen LogP contribution in [-0.2, 0) is 26.4 Å². The van der Waals surface area contributed by atoms with E-state index in [1.807, 2.05) is 38.1 Å². The number of rotatable bonds is 3. The lowest BCUT2D eigenvalue weighted by molar-refractivity contribution is 0.121. The highest BCUT2D eigenvalue weighted by atomic mass is 16.7. The van der Waals surface area contributed by atoms with Crippen LogP contribution in [0.5, 0.6) is 11.5 Å². The summed E-state index contributed by atoms with van der Waals surface area (Å²) in [5.74, 6) is 0.552. The van der Waals surface area contributed by atoms with Crippen LogP contribution in [0.1, 0.15) is 91.5 Å². The van der Waals surface area contributed by atoms with Gasteiger partial charge in [-0.2, -0.15) is 10.5 Å². The SMILES string of the molecule is CC(C)(C)c1ccc(O)c(C(C)(C)C#N)c1.COC(=O)Oc1ccc(C(C)(C)C)cc1C(C)(C)C#N. The van der Waals surface area contributed by atoms with Crippen LogP contribution >= 0.6 is 0 Å². The zero-order valence-electron chi connectivity index (χ0n) is 23.5. The number of hydrogen-bond donors (Lipinski definition) is 1. The van der Waals surface area contributed by atoms with Crippen LogP contribution in [-0.4, -0.2) is 18.4 Å². The number of carbonyl (C=O) groups excluding carboxylic acids is 1. The first-order valence-electron chi connectivity index (χ1n) is 11.9. The van der Waals surface area contributed by atoms with Crippen molar-refractivity contribution in [3.05, 3.63) is 58.7 Å². The molecule has 194 valence electrons. The minimum absolute atomic E-state index is 0.0218. The van der Waals surface area contributed by atoms with Crippen molar-refractivity contribution in [2.75, 3.05) is 7.11 Å². The van der Waals surface area contributed by atoms with Crippen LogP contribution in [0, 0.1) is 22.7 Å². The fourth-order valence-electron chi connectivity index (χ4n) is 3.33. The van der Waals surface area contributed by atoms with Crippen molar-refractivity contribution in [2.45, 2.75) is 90.9 Å². The molecule has 6 nitrogen and oxygen atoms in total. The molecule has 0 aliphatic rings. The lowest BCUT2D eigenvalue weighted by Gasteiger charge is -2.25. The molecule has 0 fully saturated rings. The van der Waals surface area contributed by atoms with Gasteiger partial charge in [-0.05, 0) is 73.9 Å². The van der Waals surface area contributed by atoms with E-state index in [-0.39, 0.29) is 16.6 Å². The fourth-order valence-corrected chi connectivity index (χ4v) is 3.33. The number of carbonyl (C=O) groups is 1. The third-order valence-corrected chi connectivity index (χ3v) is 5.97. The molecule has 0 radical (unpaired) electrons. The number of nitriles is 2. The van der Waals surface area contributed by atoms with Crippen LogP contribution in [0.3, 0.4) is 0 Å². The molecular formula is C30H40N2O4. The first-order chi connectivity index (χ1) is 16.3. The predicted molar refractivity (Wildman–Crippen MR) is 142 cm³/mol. The molecule has 0 saturated carbocycles. The van der Waals surface area contributed by atoms with Crippen LogP contribution in [0.15, 0.2) is 36.4 Å². The van der Waals surface area contributed by atoms with Gasteiger partial charge in [0.05, 0.1) is 30.1 Å². The second-order valence-corrected chi connectivity index (χ2v) is 12.0. The molecule has 0 saturated heterocycles. The maximum atomic E-state index is 11.3. The summed E-state index contributed by atoms with van der Waals surface area (Å²) in [7, 11) is 1.25. The van der Waals surface area contributed by atoms with E-state index in [9.17, 15) is 15.2 Å². The van der Waals surface area contributed by atoms with Gasteiger partial charge in [-0.25, -0.2) is 4.79 Å². The van der Waals surface area contributed by atoms with Gasteiger partial charge in [0.1, 0.15) is 11.5 Å². The van der Waals surface area contributed by atoms with E-state index in [1.165, 1.54) is 7.11 Å². The molecule has 36 heavy (non-hydrogen) atoms. The van der Waals surface area contributed by atoms with Gasteiger partial charge in [-0.15, -0.1) is 0 Å². The maximum Gasteiger partial charge on any atom is 0.513 e. The summed E-state index contributed by atoms with van der Waals surface area (Å²) >= 11 is 0. The minimum Gasteiger partial charge on any atom is -0.508 e. The molecule has 0 aliphatic heterocycles. The number of phenols is 1. The van der Waals surface area contributed by atoms with Crippen molar-refractivity contribution in [1.29, 1.82) is 10.5 Å². The molecule has 2 aromatic rings. The average Bonchev–Trinajstić information content (AvgIpc) is 2.78. The molecule has 1 N–H and O–H groups in total. The monoisotopic (exact) mass is 492 g/mol. The van der Waals surface area contributed by atoms with E-state index < -0.39 is 17.0 Å². The molecule has 0 bridgehead atoms. The highest BCUT2D eigenvalue weighted by Gasteiger charge is 2.28. The number of ether oxygens (including phenoxy) is 2. The number of methoxy groups -OCH3 is 1. The second kappa shape index (κ2) is 11.0. The zero-order valence-corrected chi connectivity index (χ0v) is 23.5.